The van der Waals surface area contributed by atoms with Gasteiger partial charge in [-0.1, -0.05) is 81.4 Å². The van der Waals surface area contributed by atoms with Crippen LogP contribution in [0.3, 0.4) is 0 Å². The van der Waals surface area contributed by atoms with Crippen molar-refractivity contribution in [2.45, 2.75) is 27.2 Å². The fourth-order valence-electron chi connectivity index (χ4n) is 2.60. The summed E-state index contributed by atoms with van der Waals surface area (Å²) in [5, 5.41) is 0. The lowest BCUT2D eigenvalue weighted by Gasteiger charge is -2.18. The minimum absolute atomic E-state index is 0.191. The fraction of sp³-hybridized carbons (Fsp3) is 0.238. The van der Waals surface area contributed by atoms with E-state index in [1.165, 1.54) is 0 Å². The number of rotatable bonds is 3. The third-order valence-corrected chi connectivity index (χ3v) is 3.59. The zero-order valence-corrected chi connectivity index (χ0v) is 14.0. The third kappa shape index (κ3) is 4.04. The van der Waals surface area contributed by atoms with Crippen LogP contribution in [-0.4, -0.2) is 9.97 Å². The topological polar surface area (TPSA) is 25.8 Å². The second-order valence-electron chi connectivity index (χ2n) is 7.04. The van der Waals surface area contributed by atoms with Gasteiger partial charge in [-0.25, -0.2) is 9.97 Å². The minimum Gasteiger partial charge on any atom is -0.233 e. The van der Waals surface area contributed by atoms with E-state index in [0.717, 1.165) is 34.8 Å². The van der Waals surface area contributed by atoms with Gasteiger partial charge in [-0.05, 0) is 17.9 Å². The molecule has 0 unspecified atom stereocenters. The maximum atomic E-state index is 4.80. The second kappa shape index (κ2) is 6.33. The molecule has 0 bridgehead atoms. The van der Waals surface area contributed by atoms with Crippen LogP contribution in [0, 0.1) is 5.41 Å². The molecule has 0 saturated heterocycles. The molecule has 3 aromatic rings. The first-order chi connectivity index (χ1) is 11.0. The smallest absolute Gasteiger partial charge is 0.160 e. The standard InChI is InChI=1S/C21H22N2/c1-21(2,3)15-18-14-19(16-10-6-4-7-11-16)23-20(22-18)17-12-8-5-9-13-17/h4-14H,15H2,1-3H3. The summed E-state index contributed by atoms with van der Waals surface area (Å²) in [5.74, 6) is 0.797. The van der Waals surface area contributed by atoms with E-state index >= 15 is 0 Å². The van der Waals surface area contributed by atoms with Crippen LogP contribution in [0.5, 0.6) is 0 Å². The first-order valence-electron chi connectivity index (χ1n) is 8.00. The predicted molar refractivity (Wildman–Crippen MR) is 96.1 cm³/mol. The Morgan fingerprint density at radius 3 is 1.87 bits per heavy atom. The van der Waals surface area contributed by atoms with Crippen molar-refractivity contribution in [2.75, 3.05) is 0 Å². The van der Waals surface area contributed by atoms with E-state index in [9.17, 15) is 0 Å². The van der Waals surface area contributed by atoms with Crippen molar-refractivity contribution in [3.63, 3.8) is 0 Å². The molecule has 116 valence electrons. The summed E-state index contributed by atoms with van der Waals surface area (Å²) in [4.78, 5) is 9.60. The maximum Gasteiger partial charge on any atom is 0.160 e. The first kappa shape index (κ1) is 15.4. The van der Waals surface area contributed by atoms with Gasteiger partial charge in [0.25, 0.3) is 0 Å². The number of hydrogen-bond acceptors (Lipinski definition) is 2. The average molecular weight is 302 g/mol. The quantitative estimate of drug-likeness (QED) is 0.647. The molecule has 2 nitrogen and oxygen atoms in total. The van der Waals surface area contributed by atoms with Gasteiger partial charge in [0, 0.05) is 16.8 Å². The highest BCUT2D eigenvalue weighted by Gasteiger charge is 2.15. The Bertz CT molecular complexity index is 714. The SMILES string of the molecule is CC(C)(C)Cc1cc(-c2ccccc2)nc(-c2ccccc2)n1. The minimum atomic E-state index is 0.191. The molecule has 23 heavy (non-hydrogen) atoms. The van der Waals surface area contributed by atoms with Gasteiger partial charge in [0.1, 0.15) is 0 Å². The Morgan fingerprint density at radius 1 is 0.739 bits per heavy atom. The highest BCUT2D eigenvalue weighted by atomic mass is 14.9. The molecular weight excluding hydrogens is 280 g/mol. The zero-order chi connectivity index (χ0) is 16.3. The van der Waals surface area contributed by atoms with E-state index in [1.54, 1.807) is 0 Å². The molecule has 0 saturated carbocycles. The molecule has 0 aliphatic rings. The fourth-order valence-corrected chi connectivity index (χ4v) is 2.60. The molecule has 3 rings (SSSR count). The van der Waals surface area contributed by atoms with Gasteiger partial charge in [0.2, 0.25) is 0 Å². The molecule has 2 heteroatoms. The van der Waals surface area contributed by atoms with Crippen LogP contribution in [-0.2, 0) is 6.42 Å². The zero-order valence-electron chi connectivity index (χ0n) is 14.0. The Hall–Kier alpha value is -2.48. The molecule has 2 aromatic carbocycles. The van der Waals surface area contributed by atoms with E-state index in [0.29, 0.717) is 0 Å². The second-order valence-corrected chi connectivity index (χ2v) is 7.04. The number of hydrogen-bond donors (Lipinski definition) is 0. The summed E-state index contributed by atoms with van der Waals surface area (Å²) in [6, 6.07) is 22.6. The van der Waals surface area contributed by atoms with Gasteiger partial charge in [-0.3, -0.25) is 0 Å². The number of benzene rings is 2. The summed E-state index contributed by atoms with van der Waals surface area (Å²) >= 11 is 0. The van der Waals surface area contributed by atoms with Crippen LogP contribution in [0.15, 0.2) is 66.7 Å². The summed E-state index contributed by atoms with van der Waals surface area (Å²) in [6.45, 7) is 6.71. The van der Waals surface area contributed by atoms with Crippen molar-refractivity contribution < 1.29 is 0 Å². The lowest BCUT2D eigenvalue weighted by Crippen LogP contribution is -2.11. The van der Waals surface area contributed by atoms with Crippen LogP contribution in [0.4, 0.5) is 0 Å². The molecule has 0 amide bonds. The third-order valence-electron chi connectivity index (χ3n) is 3.59. The van der Waals surface area contributed by atoms with Crippen LogP contribution in [0.1, 0.15) is 26.5 Å². The van der Waals surface area contributed by atoms with Gasteiger partial charge < -0.3 is 0 Å². The molecule has 0 spiro atoms. The van der Waals surface area contributed by atoms with Crippen molar-refractivity contribution in [1.29, 1.82) is 0 Å². The van der Waals surface area contributed by atoms with Gasteiger partial charge in [-0.15, -0.1) is 0 Å². The van der Waals surface area contributed by atoms with Crippen LogP contribution in [0.25, 0.3) is 22.6 Å². The van der Waals surface area contributed by atoms with Crippen molar-refractivity contribution in [1.82, 2.24) is 9.97 Å². The Balaban J connectivity index is 2.11. The number of aromatic nitrogens is 2. The number of nitrogens with zero attached hydrogens (tertiary/aromatic N) is 2. The monoisotopic (exact) mass is 302 g/mol. The maximum absolute atomic E-state index is 4.80. The molecule has 0 atom stereocenters. The normalized spacial score (nSPS) is 11.4. The lowest BCUT2D eigenvalue weighted by molar-refractivity contribution is 0.406. The molecule has 0 aliphatic heterocycles. The molecule has 1 aromatic heterocycles. The van der Waals surface area contributed by atoms with Crippen molar-refractivity contribution >= 4 is 0 Å². The predicted octanol–water partition coefficient (Wildman–Crippen LogP) is 5.40. The van der Waals surface area contributed by atoms with Crippen LogP contribution in [0.2, 0.25) is 0 Å². The highest BCUT2D eigenvalue weighted by Crippen LogP contribution is 2.26. The average Bonchev–Trinajstić information content (AvgIpc) is 2.55. The summed E-state index contributed by atoms with van der Waals surface area (Å²) in [6.07, 6.45) is 0.926. The van der Waals surface area contributed by atoms with Crippen molar-refractivity contribution in [3.05, 3.63) is 72.4 Å². The van der Waals surface area contributed by atoms with Gasteiger partial charge in [0.15, 0.2) is 5.82 Å². The first-order valence-corrected chi connectivity index (χ1v) is 8.00. The molecule has 0 radical (unpaired) electrons. The molecular formula is C21H22N2. The van der Waals surface area contributed by atoms with E-state index in [-0.39, 0.29) is 5.41 Å². The molecule has 0 N–H and O–H groups in total. The van der Waals surface area contributed by atoms with Crippen molar-refractivity contribution in [3.8, 4) is 22.6 Å². The Labute approximate surface area is 138 Å². The summed E-state index contributed by atoms with van der Waals surface area (Å²) in [7, 11) is 0. The van der Waals surface area contributed by atoms with Crippen LogP contribution >= 0.6 is 0 Å². The molecule has 1 heterocycles. The van der Waals surface area contributed by atoms with Gasteiger partial charge in [0.05, 0.1) is 5.69 Å². The van der Waals surface area contributed by atoms with E-state index < -0.39 is 0 Å². The molecule has 0 aliphatic carbocycles. The van der Waals surface area contributed by atoms with E-state index in [4.69, 9.17) is 9.97 Å². The lowest BCUT2D eigenvalue weighted by atomic mass is 9.90. The van der Waals surface area contributed by atoms with Crippen molar-refractivity contribution in [2.24, 2.45) is 5.41 Å². The molecule has 0 fully saturated rings. The van der Waals surface area contributed by atoms with Gasteiger partial charge >= 0.3 is 0 Å². The van der Waals surface area contributed by atoms with Gasteiger partial charge in [-0.2, -0.15) is 0 Å². The summed E-state index contributed by atoms with van der Waals surface area (Å²) in [5.41, 5.74) is 4.45. The Morgan fingerprint density at radius 2 is 1.30 bits per heavy atom. The van der Waals surface area contributed by atoms with E-state index in [2.05, 4.69) is 51.1 Å². The Kier molecular flexibility index (Phi) is 4.24. The summed E-state index contributed by atoms with van der Waals surface area (Å²) < 4.78 is 0. The van der Waals surface area contributed by atoms with Crippen LogP contribution < -0.4 is 0 Å². The highest BCUT2D eigenvalue weighted by molar-refractivity contribution is 5.64. The largest absolute Gasteiger partial charge is 0.233 e. The van der Waals surface area contributed by atoms with E-state index in [1.807, 2.05) is 36.4 Å².